The molecule has 2 rings (SSSR count). The average Bonchev–Trinajstić information content (AvgIpc) is 2.80. The van der Waals surface area contributed by atoms with E-state index in [2.05, 4.69) is 10.3 Å². The number of rotatable bonds is 4. The second-order valence-electron chi connectivity index (χ2n) is 3.50. The molecule has 0 amide bonds. The molecule has 17 heavy (non-hydrogen) atoms. The fourth-order valence-electron chi connectivity index (χ4n) is 1.68. The summed E-state index contributed by atoms with van der Waals surface area (Å²) in [5.41, 5.74) is 0.896. The van der Waals surface area contributed by atoms with Gasteiger partial charge in [-0.1, -0.05) is 36.2 Å². The summed E-state index contributed by atoms with van der Waals surface area (Å²) in [5, 5.41) is 7.62. The predicted octanol–water partition coefficient (Wildman–Crippen LogP) is 4.15. The summed E-state index contributed by atoms with van der Waals surface area (Å²) in [6, 6.07) is 5.50. The number of halogens is 2. The third-order valence-electron chi connectivity index (χ3n) is 2.40. The van der Waals surface area contributed by atoms with E-state index in [1.807, 2.05) is 30.5 Å². The topological polar surface area (TPSA) is 24.9 Å². The standard InChI is InChI=1S/C12H12Cl2N2S/c1-2-15-11(12-16-6-7-17-12)10-8(13)4-3-5-9(10)14/h3-7,11,15H,2H2,1H3. The average molecular weight is 287 g/mol. The molecule has 0 spiro atoms. The Balaban J connectivity index is 2.46. The van der Waals surface area contributed by atoms with E-state index in [1.54, 1.807) is 17.5 Å². The van der Waals surface area contributed by atoms with Crippen LogP contribution >= 0.6 is 34.5 Å². The maximum absolute atomic E-state index is 6.23. The minimum Gasteiger partial charge on any atom is -0.304 e. The smallest absolute Gasteiger partial charge is 0.114 e. The number of nitrogens with zero attached hydrogens (tertiary/aromatic N) is 1. The first-order valence-electron chi connectivity index (χ1n) is 5.30. The summed E-state index contributed by atoms with van der Waals surface area (Å²) >= 11 is 14.1. The van der Waals surface area contributed by atoms with Crippen LogP contribution in [0.25, 0.3) is 0 Å². The van der Waals surface area contributed by atoms with Crippen LogP contribution in [0.4, 0.5) is 0 Å². The Morgan fingerprint density at radius 1 is 1.35 bits per heavy atom. The van der Waals surface area contributed by atoms with Gasteiger partial charge in [-0.25, -0.2) is 4.98 Å². The van der Waals surface area contributed by atoms with Crippen molar-refractivity contribution in [2.45, 2.75) is 13.0 Å². The van der Waals surface area contributed by atoms with E-state index < -0.39 is 0 Å². The summed E-state index contributed by atoms with van der Waals surface area (Å²) in [6.07, 6.45) is 1.79. The van der Waals surface area contributed by atoms with Gasteiger partial charge in [0.2, 0.25) is 0 Å². The number of aromatic nitrogens is 1. The lowest BCUT2D eigenvalue weighted by atomic mass is 10.1. The van der Waals surface area contributed by atoms with Gasteiger partial charge in [-0.05, 0) is 18.7 Å². The van der Waals surface area contributed by atoms with Crippen LogP contribution in [0, 0.1) is 0 Å². The van der Waals surface area contributed by atoms with Gasteiger partial charge in [0.25, 0.3) is 0 Å². The number of hydrogen-bond donors (Lipinski definition) is 1. The Morgan fingerprint density at radius 2 is 2.06 bits per heavy atom. The van der Waals surface area contributed by atoms with E-state index in [9.17, 15) is 0 Å². The second-order valence-corrected chi connectivity index (χ2v) is 5.24. The molecule has 90 valence electrons. The van der Waals surface area contributed by atoms with Crippen LogP contribution in [0.2, 0.25) is 10.0 Å². The minimum atomic E-state index is -0.0406. The normalized spacial score (nSPS) is 12.6. The van der Waals surface area contributed by atoms with E-state index in [1.165, 1.54) is 0 Å². The SMILES string of the molecule is CCNC(c1nccs1)c1c(Cl)cccc1Cl. The molecule has 1 aromatic heterocycles. The van der Waals surface area contributed by atoms with Crippen LogP contribution in [0.5, 0.6) is 0 Å². The number of benzene rings is 1. The maximum atomic E-state index is 6.23. The second kappa shape index (κ2) is 5.83. The van der Waals surface area contributed by atoms with Crippen molar-refractivity contribution in [3.05, 3.63) is 50.4 Å². The predicted molar refractivity (Wildman–Crippen MR) is 74.1 cm³/mol. The van der Waals surface area contributed by atoms with Crippen LogP contribution in [0.15, 0.2) is 29.8 Å². The molecule has 0 bridgehead atoms. The largest absolute Gasteiger partial charge is 0.304 e. The number of nitrogens with one attached hydrogen (secondary N) is 1. The molecule has 1 aromatic carbocycles. The van der Waals surface area contributed by atoms with E-state index in [0.717, 1.165) is 17.1 Å². The molecule has 1 unspecified atom stereocenters. The van der Waals surface area contributed by atoms with E-state index in [4.69, 9.17) is 23.2 Å². The monoisotopic (exact) mass is 286 g/mol. The Bertz CT molecular complexity index is 465. The zero-order chi connectivity index (χ0) is 12.3. The van der Waals surface area contributed by atoms with Crippen molar-refractivity contribution >= 4 is 34.5 Å². The van der Waals surface area contributed by atoms with Gasteiger partial charge < -0.3 is 5.32 Å². The fourth-order valence-corrected chi connectivity index (χ4v) is 3.02. The van der Waals surface area contributed by atoms with Gasteiger partial charge in [0.05, 0.1) is 6.04 Å². The highest BCUT2D eigenvalue weighted by Crippen LogP contribution is 2.34. The molecule has 2 aromatic rings. The van der Waals surface area contributed by atoms with Crippen LogP contribution in [-0.4, -0.2) is 11.5 Å². The van der Waals surface area contributed by atoms with Crippen LogP contribution in [0.3, 0.4) is 0 Å². The quantitative estimate of drug-likeness (QED) is 0.913. The molecule has 1 atom stereocenters. The van der Waals surface area contributed by atoms with Gasteiger partial charge in [-0.2, -0.15) is 0 Å². The van der Waals surface area contributed by atoms with Crippen molar-refractivity contribution in [1.82, 2.24) is 10.3 Å². The van der Waals surface area contributed by atoms with Gasteiger partial charge in [-0.15, -0.1) is 11.3 Å². The van der Waals surface area contributed by atoms with E-state index in [0.29, 0.717) is 10.0 Å². The van der Waals surface area contributed by atoms with Crippen molar-refractivity contribution < 1.29 is 0 Å². The Labute approximate surface area is 115 Å². The summed E-state index contributed by atoms with van der Waals surface area (Å²) in [6.45, 7) is 2.87. The van der Waals surface area contributed by atoms with Crippen LogP contribution < -0.4 is 5.32 Å². The molecule has 1 N–H and O–H groups in total. The summed E-state index contributed by atoms with van der Waals surface area (Å²) in [4.78, 5) is 4.33. The van der Waals surface area contributed by atoms with Gasteiger partial charge in [0.15, 0.2) is 0 Å². The van der Waals surface area contributed by atoms with Gasteiger partial charge >= 0.3 is 0 Å². The van der Waals surface area contributed by atoms with Crippen molar-refractivity contribution in [1.29, 1.82) is 0 Å². The first-order chi connectivity index (χ1) is 8.24. The number of hydrogen-bond acceptors (Lipinski definition) is 3. The Hall–Kier alpha value is -0.610. The van der Waals surface area contributed by atoms with Gasteiger partial charge in [0, 0.05) is 27.2 Å². The lowest BCUT2D eigenvalue weighted by Crippen LogP contribution is -2.22. The molecule has 0 aliphatic carbocycles. The highest BCUT2D eigenvalue weighted by molar-refractivity contribution is 7.09. The number of thiazole rings is 1. The third-order valence-corrected chi connectivity index (χ3v) is 3.89. The zero-order valence-electron chi connectivity index (χ0n) is 9.28. The molecule has 0 saturated carbocycles. The zero-order valence-corrected chi connectivity index (χ0v) is 11.6. The first kappa shape index (κ1) is 12.8. The molecule has 0 fully saturated rings. The van der Waals surface area contributed by atoms with Crippen LogP contribution in [0.1, 0.15) is 23.5 Å². The van der Waals surface area contributed by atoms with Crippen molar-refractivity contribution in [2.75, 3.05) is 6.54 Å². The molecule has 0 aliphatic heterocycles. The Kier molecular flexibility index (Phi) is 4.40. The first-order valence-corrected chi connectivity index (χ1v) is 6.94. The summed E-state index contributed by atoms with van der Waals surface area (Å²) < 4.78 is 0. The fraction of sp³-hybridized carbons (Fsp3) is 0.250. The molecule has 2 nitrogen and oxygen atoms in total. The van der Waals surface area contributed by atoms with E-state index in [-0.39, 0.29) is 6.04 Å². The van der Waals surface area contributed by atoms with Crippen molar-refractivity contribution in [3.8, 4) is 0 Å². The Morgan fingerprint density at radius 3 is 2.59 bits per heavy atom. The third kappa shape index (κ3) is 2.80. The maximum Gasteiger partial charge on any atom is 0.114 e. The van der Waals surface area contributed by atoms with Crippen molar-refractivity contribution in [2.24, 2.45) is 0 Å². The molecule has 0 saturated heterocycles. The van der Waals surface area contributed by atoms with Crippen LogP contribution in [-0.2, 0) is 0 Å². The highest BCUT2D eigenvalue weighted by Gasteiger charge is 2.20. The lowest BCUT2D eigenvalue weighted by molar-refractivity contribution is 0.627. The lowest BCUT2D eigenvalue weighted by Gasteiger charge is -2.18. The summed E-state index contributed by atoms with van der Waals surface area (Å²) in [7, 11) is 0. The highest BCUT2D eigenvalue weighted by atomic mass is 35.5. The van der Waals surface area contributed by atoms with Gasteiger partial charge in [0.1, 0.15) is 5.01 Å². The molecule has 0 radical (unpaired) electrons. The molecular weight excluding hydrogens is 275 g/mol. The van der Waals surface area contributed by atoms with Gasteiger partial charge in [-0.3, -0.25) is 0 Å². The van der Waals surface area contributed by atoms with E-state index >= 15 is 0 Å². The minimum absolute atomic E-state index is 0.0406. The molecule has 5 heteroatoms. The van der Waals surface area contributed by atoms with Crippen molar-refractivity contribution in [3.63, 3.8) is 0 Å². The molecular formula is C12H12Cl2N2S. The summed E-state index contributed by atoms with van der Waals surface area (Å²) in [5.74, 6) is 0. The molecule has 0 aliphatic rings. The molecule has 1 heterocycles.